The van der Waals surface area contributed by atoms with Crippen molar-refractivity contribution in [1.29, 1.82) is 0 Å². The highest BCUT2D eigenvalue weighted by atomic mass is 16.4. The zero-order chi connectivity index (χ0) is 28.5. The van der Waals surface area contributed by atoms with Crippen LogP contribution >= 0.6 is 0 Å². The summed E-state index contributed by atoms with van der Waals surface area (Å²) in [6, 6.07) is 31.8. The molecule has 5 heterocycles. The molecule has 8 nitrogen and oxygen atoms in total. The molecule has 204 valence electrons. The van der Waals surface area contributed by atoms with Gasteiger partial charge in [-0.3, -0.25) is 0 Å². The van der Waals surface area contributed by atoms with Crippen LogP contribution in [0, 0.1) is 0 Å². The maximum atomic E-state index is 6.58. The van der Waals surface area contributed by atoms with Crippen molar-refractivity contribution in [1.82, 2.24) is 19.9 Å². The number of nitrogens with zero attached hydrogens (tertiary/aromatic N) is 4. The Morgan fingerprint density at radius 1 is 0.341 bits per heavy atom. The van der Waals surface area contributed by atoms with E-state index in [2.05, 4.69) is 0 Å². The monoisotopic (exact) mass is 568 g/mol. The molecule has 0 aliphatic carbocycles. The van der Waals surface area contributed by atoms with Gasteiger partial charge in [-0.25, -0.2) is 19.9 Å². The lowest BCUT2D eigenvalue weighted by atomic mass is 10.1. The minimum Gasteiger partial charge on any atom is -0.436 e. The van der Waals surface area contributed by atoms with E-state index in [0.717, 1.165) is 21.5 Å². The summed E-state index contributed by atoms with van der Waals surface area (Å²) < 4.78 is 26.0. The fraction of sp³-hybridized carbons (Fsp3) is 0. The summed E-state index contributed by atoms with van der Waals surface area (Å²) >= 11 is 0. The van der Waals surface area contributed by atoms with Gasteiger partial charge in [0.25, 0.3) is 0 Å². The molecular formula is C36H16N4O4. The topological polar surface area (TPSA) is 104 Å². The van der Waals surface area contributed by atoms with E-state index in [9.17, 15) is 0 Å². The average molecular weight is 569 g/mol. The van der Waals surface area contributed by atoms with Crippen molar-refractivity contribution in [3.8, 4) is 0 Å². The second-order valence-corrected chi connectivity index (χ2v) is 11.0. The van der Waals surface area contributed by atoms with E-state index in [1.807, 2.05) is 97.1 Å². The quantitative estimate of drug-likeness (QED) is 0.178. The second kappa shape index (κ2) is 7.76. The molecule has 11 rings (SSSR count). The SMILES string of the molecule is c1ccc2c(c1)cc1c3nc4c(cccc4c4nc5c6ccccc6cc(c6nc7c(cccc7c7nc2c1o7)o6)c5o4)o3. The van der Waals surface area contributed by atoms with Crippen LogP contribution < -0.4 is 0 Å². The van der Waals surface area contributed by atoms with Crippen molar-refractivity contribution in [2.45, 2.75) is 0 Å². The molecule has 0 amide bonds. The van der Waals surface area contributed by atoms with Crippen LogP contribution in [0.3, 0.4) is 0 Å². The van der Waals surface area contributed by atoms with Crippen molar-refractivity contribution in [2.75, 3.05) is 0 Å². The van der Waals surface area contributed by atoms with Crippen molar-refractivity contribution in [3.05, 3.63) is 97.1 Å². The van der Waals surface area contributed by atoms with Gasteiger partial charge in [-0.05, 0) is 47.2 Å². The summed E-state index contributed by atoms with van der Waals surface area (Å²) in [5.74, 6) is 0. The van der Waals surface area contributed by atoms with Crippen LogP contribution in [0.4, 0.5) is 0 Å². The highest BCUT2D eigenvalue weighted by Gasteiger charge is 2.20. The van der Waals surface area contributed by atoms with Gasteiger partial charge in [0.05, 0.1) is 21.5 Å². The molecule has 0 radical (unpaired) electrons. The maximum absolute atomic E-state index is 6.58. The van der Waals surface area contributed by atoms with E-state index >= 15 is 0 Å². The van der Waals surface area contributed by atoms with Crippen LogP contribution in [0.25, 0.3) is 110 Å². The summed E-state index contributed by atoms with van der Waals surface area (Å²) in [5.41, 5.74) is 6.77. The lowest BCUT2D eigenvalue weighted by Gasteiger charge is -1.98. The molecule has 0 atom stereocenters. The Morgan fingerprint density at radius 2 is 0.750 bits per heavy atom. The zero-order valence-electron chi connectivity index (χ0n) is 22.7. The van der Waals surface area contributed by atoms with Crippen LogP contribution in [0.2, 0.25) is 0 Å². The van der Waals surface area contributed by atoms with Gasteiger partial charge < -0.3 is 17.7 Å². The maximum Gasteiger partial charge on any atom is 0.231 e. The van der Waals surface area contributed by atoms with Gasteiger partial charge in [-0.1, -0.05) is 60.7 Å². The molecule has 6 aromatic carbocycles. The predicted molar refractivity (Wildman–Crippen MR) is 171 cm³/mol. The fourth-order valence-electron chi connectivity index (χ4n) is 6.51. The van der Waals surface area contributed by atoms with Gasteiger partial charge in [-0.2, -0.15) is 0 Å². The fourth-order valence-corrected chi connectivity index (χ4v) is 6.51. The van der Waals surface area contributed by atoms with Gasteiger partial charge in [0, 0.05) is 10.8 Å². The Bertz CT molecular complexity index is 2860. The minimum absolute atomic E-state index is 0.419. The largest absolute Gasteiger partial charge is 0.436 e. The Balaban J connectivity index is 1.48. The molecule has 8 heteroatoms. The van der Waals surface area contributed by atoms with Crippen molar-refractivity contribution < 1.29 is 17.7 Å². The number of benzene rings is 6. The predicted octanol–water partition coefficient (Wildman–Crippen LogP) is 9.73. The third kappa shape index (κ3) is 2.81. The van der Waals surface area contributed by atoms with E-state index in [1.54, 1.807) is 0 Å². The highest BCUT2D eigenvalue weighted by Crippen LogP contribution is 2.38. The highest BCUT2D eigenvalue weighted by molar-refractivity contribution is 6.18. The smallest absolute Gasteiger partial charge is 0.231 e. The molecule has 5 aromatic heterocycles. The Hall–Kier alpha value is -6.28. The standard InChI is InChI=1S/C36H16N4O4/c1-3-9-19-17(7-1)15-23-31-29(19)39-33(43-31)21-11-5-14-26-28(21)38-36(42-26)24-16-18-8-2-4-10-20(18)30-32(24)44-34(40-30)22-12-6-13-25-27(22)37-35(23)41-25/h1-16H. The van der Waals surface area contributed by atoms with Crippen molar-refractivity contribution >= 4 is 110 Å². The van der Waals surface area contributed by atoms with Crippen LogP contribution in [0.5, 0.6) is 0 Å². The summed E-state index contributed by atoms with van der Waals surface area (Å²) in [6.07, 6.45) is 0. The summed E-state index contributed by atoms with van der Waals surface area (Å²) in [7, 11) is 0. The first-order chi connectivity index (χ1) is 21.8. The first-order valence-electron chi connectivity index (χ1n) is 14.2. The molecule has 0 unspecified atom stereocenters. The third-order valence-corrected chi connectivity index (χ3v) is 8.53. The van der Waals surface area contributed by atoms with E-state index in [-0.39, 0.29) is 0 Å². The lowest BCUT2D eigenvalue weighted by Crippen LogP contribution is -1.79. The van der Waals surface area contributed by atoms with Crippen LogP contribution in [-0.2, 0) is 0 Å². The molecule has 0 saturated carbocycles. The lowest BCUT2D eigenvalue weighted by molar-refractivity contribution is 0.652. The number of hydrogen-bond acceptors (Lipinski definition) is 8. The molecule has 0 aliphatic heterocycles. The Kier molecular flexibility index (Phi) is 3.94. The number of aromatic nitrogens is 4. The molecule has 0 spiro atoms. The first kappa shape index (κ1) is 22.3. The Morgan fingerprint density at radius 3 is 1.25 bits per heavy atom. The van der Waals surface area contributed by atoms with Gasteiger partial charge in [0.15, 0.2) is 22.3 Å². The number of fused-ring (bicyclic) bond motifs is 12. The molecule has 0 N–H and O–H groups in total. The van der Waals surface area contributed by atoms with E-state index in [0.29, 0.717) is 88.8 Å². The van der Waals surface area contributed by atoms with Gasteiger partial charge in [0.2, 0.25) is 22.9 Å². The first-order valence-corrected chi connectivity index (χ1v) is 14.2. The number of rotatable bonds is 0. The average Bonchev–Trinajstić information content (AvgIpc) is 3.87. The van der Waals surface area contributed by atoms with E-state index in [1.165, 1.54) is 0 Å². The summed E-state index contributed by atoms with van der Waals surface area (Å²) in [5, 5.41) is 6.75. The molecule has 0 saturated heterocycles. The molecule has 0 fully saturated rings. The molecule has 11 aromatic rings. The second-order valence-electron chi connectivity index (χ2n) is 11.0. The molecule has 0 aliphatic rings. The molecular weight excluding hydrogens is 552 g/mol. The normalized spacial score (nSPS) is 12.5. The summed E-state index contributed by atoms with van der Waals surface area (Å²) in [6.45, 7) is 0. The summed E-state index contributed by atoms with van der Waals surface area (Å²) in [4.78, 5) is 20.1. The number of oxazole rings is 4. The van der Waals surface area contributed by atoms with E-state index in [4.69, 9.17) is 37.6 Å². The van der Waals surface area contributed by atoms with Crippen LogP contribution in [0.15, 0.2) is 115 Å². The van der Waals surface area contributed by atoms with Crippen molar-refractivity contribution in [2.24, 2.45) is 0 Å². The zero-order valence-corrected chi connectivity index (χ0v) is 22.7. The van der Waals surface area contributed by atoms with Crippen LogP contribution in [0.1, 0.15) is 0 Å². The van der Waals surface area contributed by atoms with E-state index < -0.39 is 0 Å². The van der Waals surface area contributed by atoms with Crippen LogP contribution in [-0.4, -0.2) is 19.9 Å². The van der Waals surface area contributed by atoms with Gasteiger partial charge in [0.1, 0.15) is 22.1 Å². The molecule has 8 bridgehead atoms. The minimum atomic E-state index is 0.419. The van der Waals surface area contributed by atoms with Gasteiger partial charge in [-0.15, -0.1) is 0 Å². The number of hydrogen-bond donors (Lipinski definition) is 0. The number of para-hydroxylation sites is 2. The third-order valence-electron chi connectivity index (χ3n) is 8.53. The Labute approximate surface area is 244 Å². The van der Waals surface area contributed by atoms with Crippen molar-refractivity contribution in [3.63, 3.8) is 0 Å². The molecule has 44 heavy (non-hydrogen) atoms. The van der Waals surface area contributed by atoms with Gasteiger partial charge >= 0.3 is 0 Å².